The van der Waals surface area contributed by atoms with Crippen LogP contribution in [0.15, 0.2) is 6.07 Å². The Kier molecular flexibility index (Phi) is 4.46. The number of hydrogen-bond donors (Lipinski definition) is 1. The van der Waals surface area contributed by atoms with Crippen molar-refractivity contribution in [3.8, 4) is 0 Å². The van der Waals surface area contributed by atoms with Crippen molar-refractivity contribution in [1.82, 2.24) is 5.32 Å². The second-order valence-corrected chi connectivity index (χ2v) is 4.93. The Morgan fingerprint density at radius 1 is 1.38 bits per heavy atom. The first-order valence-electron chi connectivity index (χ1n) is 5.00. The first-order valence-corrected chi connectivity index (χ1v) is 5.82. The molecule has 0 saturated heterocycles. The lowest BCUT2D eigenvalue weighted by atomic mass is 10.2. The molecule has 0 radical (unpaired) electrons. The first kappa shape index (κ1) is 10.7. The summed E-state index contributed by atoms with van der Waals surface area (Å²) in [5.41, 5.74) is 1.47. The minimum atomic E-state index is 1.04. The molecule has 0 fully saturated rings. The Morgan fingerprint density at radius 3 is 2.69 bits per heavy atom. The Hall–Kier alpha value is -0.340. The fraction of sp³-hybridized carbons (Fsp3) is 0.636. The van der Waals surface area contributed by atoms with E-state index < -0.39 is 0 Å². The minimum absolute atomic E-state index is 1.04. The zero-order valence-electron chi connectivity index (χ0n) is 8.81. The molecule has 0 atom stereocenters. The molecule has 1 nitrogen and oxygen atoms in total. The lowest BCUT2D eigenvalue weighted by Crippen LogP contribution is -2.14. The summed E-state index contributed by atoms with van der Waals surface area (Å²) in [4.78, 5) is 2.88. The summed E-state index contributed by atoms with van der Waals surface area (Å²) < 4.78 is 0. The van der Waals surface area contributed by atoms with Crippen molar-refractivity contribution >= 4 is 11.3 Å². The molecular formula is C11H19NS. The molecular weight excluding hydrogens is 178 g/mol. The molecule has 0 saturated carbocycles. The van der Waals surface area contributed by atoms with Gasteiger partial charge in [0.25, 0.3) is 0 Å². The molecule has 0 aliphatic carbocycles. The predicted molar refractivity (Wildman–Crippen MR) is 60.4 cm³/mol. The van der Waals surface area contributed by atoms with Crippen molar-refractivity contribution in [2.24, 2.45) is 0 Å². The van der Waals surface area contributed by atoms with Crippen LogP contribution < -0.4 is 5.32 Å². The van der Waals surface area contributed by atoms with Gasteiger partial charge in [-0.25, -0.2) is 0 Å². The fourth-order valence-corrected chi connectivity index (χ4v) is 2.33. The van der Waals surface area contributed by atoms with Crippen LogP contribution in [0.4, 0.5) is 0 Å². The number of nitrogens with one attached hydrogen (secondary N) is 1. The molecule has 0 aromatic carbocycles. The zero-order valence-corrected chi connectivity index (χ0v) is 9.63. The summed E-state index contributed by atoms with van der Waals surface area (Å²) in [7, 11) is 0. The Labute approximate surface area is 85.2 Å². The SMILES string of the molecule is CCCCNCc1cc(C)sc1C. The molecule has 1 rings (SSSR count). The average Bonchev–Trinajstić information content (AvgIpc) is 2.39. The van der Waals surface area contributed by atoms with E-state index in [2.05, 4.69) is 32.2 Å². The van der Waals surface area contributed by atoms with Crippen LogP contribution in [0, 0.1) is 13.8 Å². The highest BCUT2D eigenvalue weighted by molar-refractivity contribution is 7.12. The Balaban J connectivity index is 2.32. The van der Waals surface area contributed by atoms with Crippen LogP contribution in [0.2, 0.25) is 0 Å². The molecule has 74 valence electrons. The maximum atomic E-state index is 3.46. The monoisotopic (exact) mass is 197 g/mol. The average molecular weight is 197 g/mol. The summed E-state index contributed by atoms with van der Waals surface area (Å²) in [5.74, 6) is 0. The Bertz CT molecular complexity index is 253. The summed E-state index contributed by atoms with van der Waals surface area (Å²) in [6, 6.07) is 2.29. The van der Waals surface area contributed by atoms with Crippen LogP contribution in [-0.2, 0) is 6.54 Å². The first-order chi connectivity index (χ1) is 6.24. The van der Waals surface area contributed by atoms with Gasteiger partial charge in [-0.3, -0.25) is 0 Å². The molecule has 1 aromatic rings. The molecule has 0 unspecified atom stereocenters. The number of rotatable bonds is 5. The number of aryl methyl sites for hydroxylation is 2. The van der Waals surface area contributed by atoms with Crippen molar-refractivity contribution < 1.29 is 0 Å². The molecule has 1 N–H and O–H groups in total. The minimum Gasteiger partial charge on any atom is -0.313 e. The van der Waals surface area contributed by atoms with E-state index >= 15 is 0 Å². The highest BCUT2D eigenvalue weighted by Gasteiger charge is 2.00. The molecule has 13 heavy (non-hydrogen) atoms. The summed E-state index contributed by atoms with van der Waals surface area (Å²) in [6.45, 7) is 8.78. The van der Waals surface area contributed by atoms with Gasteiger partial charge >= 0.3 is 0 Å². The van der Waals surface area contributed by atoms with Gasteiger partial charge in [-0.05, 0) is 38.4 Å². The van der Waals surface area contributed by atoms with Crippen molar-refractivity contribution in [2.75, 3.05) is 6.54 Å². The van der Waals surface area contributed by atoms with E-state index in [1.54, 1.807) is 0 Å². The van der Waals surface area contributed by atoms with Gasteiger partial charge in [0.15, 0.2) is 0 Å². The van der Waals surface area contributed by atoms with Gasteiger partial charge in [-0.2, -0.15) is 0 Å². The summed E-state index contributed by atoms with van der Waals surface area (Å²) in [5, 5.41) is 3.46. The van der Waals surface area contributed by atoms with E-state index in [9.17, 15) is 0 Å². The van der Waals surface area contributed by atoms with E-state index in [1.165, 1.54) is 28.2 Å². The van der Waals surface area contributed by atoms with E-state index in [0.29, 0.717) is 0 Å². The van der Waals surface area contributed by atoms with Gasteiger partial charge < -0.3 is 5.32 Å². The highest BCUT2D eigenvalue weighted by Crippen LogP contribution is 2.20. The molecule has 1 aromatic heterocycles. The van der Waals surface area contributed by atoms with E-state index in [-0.39, 0.29) is 0 Å². The van der Waals surface area contributed by atoms with Gasteiger partial charge in [0, 0.05) is 16.3 Å². The van der Waals surface area contributed by atoms with E-state index in [0.717, 1.165) is 13.1 Å². The van der Waals surface area contributed by atoms with Crippen LogP contribution in [0.3, 0.4) is 0 Å². The van der Waals surface area contributed by atoms with Crippen molar-refractivity contribution in [1.29, 1.82) is 0 Å². The van der Waals surface area contributed by atoms with E-state index in [4.69, 9.17) is 0 Å². The number of unbranched alkanes of at least 4 members (excludes halogenated alkanes) is 1. The maximum Gasteiger partial charge on any atom is 0.0216 e. The fourth-order valence-electron chi connectivity index (χ4n) is 1.38. The number of thiophene rings is 1. The van der Waals surface area contributed by atoms with Crippen LogP contribution in [0.25, 0.3) is 0 Å². The smallest absolute Gasteiger partial charge is 0.0216 e. The highest BCUT2D eigenvalue weighted by atomic mass is 32.1. The summed E-state index contributed by atoms with van der Waals surface area (Å²) >= 11 is 1.89. The third-order valence-electron chi connectivity index (χ3n) is 2.17. The lowest BCUT2D eigenvalue weighted by Gasteiger charge is -2.02. The molecule has 0 bridgehead atoms. The topological polar surface area (TPSA) is 12.0 Å². The lowest BCUT2D eigenvalue weighted by molar-refractivity contribution is 0.641. The zero-order chi connectivity index (χ0) is 9.68. The van der Waals surface area contributed by atoms with Crippen LogP contribution >= 0.6 is 11.3 Å². The van der Waals surface area contributed by atoms with E-state index in [1.807, 2.05) is 11.3 Å². The van der Waals surface area contributed by atoms with Crippen molar-refractivity contribution in [3.63, 3.8) is 0 Å². The molecule has 1 heterocycles. The van der Waals surface area contributed by atoms with Gasteiger partial charge in [-0.1, -0.05) is 13.3 Å². The van der Waals surface area contributed by atoms with Gasteiger partial charge in [-0.15, -0.1) is 11.3 Å². The number of hydrogen-bond acceptors (Lipinski definition) is 2. The van der Waals surface area contributed by atoms with Crippen molar-refractivity contribution in [3.05, 3.63) is 21.4 Å². The van der Waals surface area contributed by atoms with Crippen LogP contribution in [0.5, 0.6) is 0 Å². The molecule has 0 aliphatic rings. The van der Waals surface area contributed by atoms with Crippen LogP contribution in [-0.4, -0.2) is 6.54 Å². The predicted octanol–water partition coefficient (Wildman–Crippen LogP) is 3.25. The second kappa shape index (κ2) is 5.40. The third-order valence-corrected chi connectivity index (χ3v) is 3.17. The van der Waals surface area contributed by atoms with Crippen molar-refractivity contribution in [2.45, 2.75) is 40.2 Å². The van der Waals surface area contributed by atoms with Gasteiger partial charge in [0.2, 0.25) is 0 Å². The third kappa shape index (κ3) is 3.49. The molecule has 2 heteroatoms. The largest absolute Gasteiger partial charge is 0.313 e. The Morgan fingerprint density at radius 2 is 2.15 bits per heavy atom. The van der Waals surface area contributed by atoms with Gasteiger partial charge in [0.1, 0.15) is 0 Å². The standard InChI is InChI=1S/C11H19NS/c1-4-5-6-12-8-11-7-9(2)13-10(11)3/h7,12H,4-6,8H2,1-3H3. The quantitative estimate of drug-likeness (QED) is 0.714. The second-order valence-electron chi connectivity index (χ2n) is 3.47. The van der Waals surface area contributed by atoms with Gasteiger partial charge in [0.05, 0.1) is 0 Å². The molecule has 0 amide bonds. The molecule has 0 spiro atoms. The normalized spacial score (nSPS) is 10.7. The maximum absolute atomic E-state index is 3.46. The molecule has 0 aliphatic heterocycles. The summed E-state index contributed by atoms with van der Waals surface area (Å²) in [6.07, 6.45) is 2.55. The van der Waals surface area contributed by atoms with Crippen LogP contribution in [0.1, 0.15) is 35.1 Å².